The Bertz CT molecular complexity index is 335. The molecule has 1 N–H and O–H groups in total. The summed E-state index contributed by atoms with van der Waals surface area (Å²) >= 11 is 0. The van der Waals surface area contributed by atoms with Crippen LogP contribution in [0.25, 0.3) is 0 Å². The fourth-order valence-electron chi connectivity index (χ4n) is 2.52. The Hall–Kier alpha value is -0.980. The van der Waals surface area contributed by atoms with Crippen molar-refractivity contribution in [3.8, 4) is 0 Å². The summed E-state index contributed by atoms with van der Waals surface area (Å²) in [5.41, 5.74) is 3.26. The second-order valence-corrected chi connectivity index (χ2v) is 5.87. The van der Waals surface area contributed by atoms with Crippen LogP contribution in [0.5, 0.6) is 0 Å². The highest BCUT2D eigenvalue weighted by Gasteiger charge is 2.22. The van der Waals surface area contributed by atoms with E-state index in [0.717, 1.165) is 12.5 Å². The maximum absolute atomic E-state index is 3.54. The van der Waals surface area contributed by atoms with Gasteiger partial charge in [-0.3, -0.25) is 0 Å². The van der Waals surface area contributed by atoms with Crippen LogP contribution < -0.4 is 5.32 Å². The van der Waals surface area contributed by atoms with E-state index in [2.05, 4.69) is 50.4 Å². The zero-order valence-electron chi connectivity index (χ0n) is 10.0. The van der Waals surface area contributed by atoms with E-state index in [0.29, 0.717) is 5.41 Å². The Morgan fingerprint density at radius 1 is 1.27 bits per heavy atom. The molecule has 2 rings (SSSR count). The van der Waals surface area contributed by atoms with Gasteiger partial charge in [0.15, 0.2) is 0 Å². The number of rotatable bonds is 1. The second-order valence-electron chi connectivity index (χ2n) is 5.87. The number of hydrogen-bond donors (Lipinski definition) is 1. The first kappa shape index (κ1) is 10.5. The van der Waals surface area contributed by atoms with Crippen molar-refractivity contribution in [2.75, 3.05) is 11.9 Å². The molecule has 1 aromatic rings. The quantitative estimate of drug-likeness (QED) is 0.733. The lowest BCUT2D eigenvalue weighted by Gasteiger charge is -2.31. The zero-order valence-corrected chi connectivity index (χ0v) is 10.0. The first-order valence-electron chi connectivity index (χ1n) is 5.86. The number of benzene rings is 1. The molecular formula is C14H21N. The van der Waals surface area contributed by atoms with Gasteiger partial charge >= 0.3 is 0 Å². The summed E-state index contributed by atoms with van der Waals surface area (Å²) in [6.45, 7) is 8.11. The van der Waals surface area contributed by atoms with Crippen LogP contribution in [0.2, 0.25) is 0 Å². The average molecular weight is 203 g/mol. The minimum atomic E-state index is 0.443. The van der Waals surface area contributed by atoms with Gasteiger partial charge in [0.2, 0.25) is 0 Å². The first-order chi connectivity index (χ1) is 7.04. The summed E-state index contributed by atoms with van der Waals surface area (Å²) in [4.78, 5) is 0. The summed E-state index contributed by atoms with van der Waals surface area (Å²) in [5.74, 6) is 0.792. The Kier molecular flexibility index (Phi) is 2.72. The maximum atomic E-state index is 3.54. The van der Waals surface area contributed by atoms with Crippen molar-refractivity contribution in [2.45, 2.75) is 33.6 Å². The van der Waals surface area contributed by atoms with Gasteiger partial charge in [-0.25, -0.2) is 0 Å². The van der Waals surface area contributed by atoms with Crippen molar-refractivity contribution in [1.82, 2.24) is 0 Å². The summed E-state index contributed by atoms with van der Waals surface area (Å²) in [6, 6.07) is 8.68. The fourth-order valence-corrected chi connectivity index (χ4v) is 2.52. The van der Waals surface area contributed by atoms with Crippen LogP contribution in [0.15, 0.2) is 24.3 Å². The van der Waals surface area contributed by atoms with E-state index in [1.807, 2.05) is 0 Å². The van der Waals surface area contributed by atoms with Crippen molar-refractivity contribution in [3.05, 3.63) is 29.8 Å². The standard InChI is InChI=1S/C14H21N/c1-14(2,3)9-11-8-12-6-4-5-7-13(12)15-10-11/h4-7,11,15H,8-10H2,1-3H3. The highest BCUT2D eigenvalue weighted by atomic mass is 14.9. The van der Waals surface area contributed by atoms with Gasteiger partial charge in [-0.15, -0.1) is 0 Å². The average Bonchev–Trinajstić information content (AvgIpc) is 2.15. The third-order valence-corrected chi connectivity index (χ3v) is 3.01. The second kappa shape index (κ2) is 3.88. The molecule has 0 aromatic heterocycles. The van der Waals surface area contributed by atoms with Crippen molar-refractivity contribution in [1.29, 1.82) is 0 Å². The molecule has 0 aliphatic carbocycles. The molecule has 1 unspecified atom stereocenters. The summed E-state index contributed by atoms with van der Waals surface area (Å²) in [7, 11) is 0. The number of para-hydroxylation sites is 1. The van der Waals surface area contributed by atoms with E-state index >= 15 is 0 Å². The van der Waals surface area contributed by atoms with Gasteiger partial charge in [-0.2, -0.15) is 0 Å². The zero-order chi connectivity index (χ0) is 10.9. The van der Waals surface area contributed by atoms with Crippen molar-refractivity contribution in [2.24, 2.45) is 11.3 Å². The Morgan fingerprint density at radius 2 is 2.00 bits per heavy atom. The SMILES string of the molecule is CC(C)(C)CC1CNc2ccccc2C1. The van der Waals surface area contributed by atoms with Crippen LogP contribution in [0.4, 0.5) is 5.69 Å². The Balaban J connectivity index is 2.06. The molecule has 1 heterocycles. The smallest absolute Gasteiger partial charge is 0.0372 e. The molecule has 0 saturated carbocycles. The third kappa shape index (κ3) is 2.74. The van der Waals surface area contributed by atoms with Crippen LogP contribution >= 0.6 is 0 Å². The molecule has 1 atom stereocenters. The van der Waals surface area contributed by atoms with E-state index in [1.54, 1.807) is 0 Å². The van der Waals surface area contributed by atoms with Crippen LogP contribution in [-0.2, 0) is 6.42 Å². The predicted molar refractivity (Wildman–Crippen MR) is 66.2 cm³/mol. The van der Waals surface area contributed by atoms with Gasteiger partial charge in [-0.1, -0.05) is 39.0 Å². The van der Waals surface area contributed by atoms with Gasteiger partial charge < -0.3 is 5.32 Å². The van der Waals surface area contributed by atoms with Gasteiger partial charge in [0, 0.05) is 12.2 Å². The molecule has 0 fully saturated rings. The lowest BCUT2D eigenvalue weighted by molar-refractivity contribution is 0.297. The minimum Gasteiger partial charge on any atom is -0.385 e. The molecule has 82 valence electrons. The Morgan fingerprint density at radius 3 is 2.73 bits per heavy atom. The van der Waals surface area contributed by atoms with Crippen LogP contribution in [-0.4, -0.2) is 6.54 Å². The molecule has 1 aliphatic heterocycles. The van der Waals surface area contributed by atoms with E-state index in [4.69, 9.17) is 0 Å². The predicted octanol–water partition coefficient (Wildman–Crippen LogP) is 3.71. The van der Waals surface area contributed by atoms with Crippen LogP contribution in [0.3, 0.4) is 0 Å². The monoisotopic (exact) mass is 203 g/mol. The molecular weight excluding hydrogens is 182 g/mol. The van der Waals surface area contributed by atoms with E-state index in [1.165, 1.54) is 24.1 Å². The molecule has 0 amide bonds. The largest absolute Gasteiger partial charge is 0.385 e. The summed E-state index contributed by atoms with van der Waals surface area (Å²) in [6.07, 6.45) is 2.54. The molecule has 1 nitrogen and oxygen atoms in total. The molecule has 0 spiro atoms. The molecule has 1 aromatic carbocycles. The highest BCUT2D eigenvalue weighted by molar-refractivity contribution is 5.53. The number of anilines is 1. The maximum Gasteiger partial charge on any atom is 0.0372 e. The van der Waals surface area contributed by atoms with Crippen LogP contribution in [0.1, 0.15) is 32.8 Å². The molecule has 1 heteroatoms. The normalized spacial score (nSPS) is 20.6. The van der Waals surface area contributed by atoms with E-state index in [-0.39, 0.29) is 0 Å². The van der Waals surface area contributed by atoms with Crippen LogP contribution in [0, 0.1) is 11.3 Å². The number of hydrogen-bond acceptors (Lipinski definition) is 1. The molecule has 1 aliphatic rings. The third-order valence-electron chi connectivity index (χ3n) is 3.01. The lowest BCUT2D eigenvalue weighted by Crippen LogP contribution is -2.26. The van der Waals surface area contributed by atoms with Crippen molar-refractivity contribution in [3.63, 3.8) is 0 Å². The van der Waals surface area contributed by atoms with E-state index in [9.17, 15) is 0 Å². The topological polar surface area (TPSA) is 12.0 Å². The first-order valence-corrected chi connectivity index (χ1v) is 5.86. The van der Waals surface area contributed by atoms with Gasteiger partial charge in [0.1, 0.15) is 0 Å². The highest BCUT2D eigenvalue weighted by Crippen LogP contribution is 2.31. The molecule has 0 saturated heterocycles. The minimum absolute atomic E-state index is 0.443. The summed E-state index contributed by atoms with van der Waals surface area (Å²) < 4.78 is 0. The van der Waals surface area contributed by atoms with E-state index < -0.39 is 0 Å². The van der Waals surface area contributed by atoms with Gasteiger partial charge in [0.05, 0.1) is 0 Å². The number of nitrogens with one attached hydrogen (secondary N) is 1. The van der Waals surface area contributed by atoms with Gasteiger partial charge in [-0.05, 0) is 35.8 Å². The fraction of sp³-hybridized carbons (Fsp3) is 0.571. The Labute approximate surface area is 92.9 Å². The molecule has 0 bridgehead atoms. The van der Waals surface area contributed by atoms with Crippen molar-refractivity contribution >= 4 is 5.69 Å². The van der Waals surface area contributed by atoms with Crippen molar-refractivity contribution < 1.29 is 0 Å². The molecule has 0 radical (unpaired) electrons. The van der Waals surface area contributed by atoms with Gasteiger partial charge in [0.25, 0.3) is 0 Å². The number of fused-ring (bicyclic) bond motifs is 1. The molecule has 15 heavy (non-hydrogen) atoms. The summed E-state index contributed by atoms with van der Waals surface area (Å²) in [5, 5.41) is 3.54. The lowest BCUT2D eigenvalue weighted by atomic mass is 9.80.